The molecule has 0 aromatic heterocycles. The number of hydrogen-bond donors (Lipinski definition) is 0. The Labute approximate surface area is 101 Å². The molecule has 0 fully saturated rings. The van der Waals surface area contributed by atoms with Crippen LogP contribution in [0.1, 0.15) is 6.42 Å². The van der Waals surface area contributed by atoms with E-state index in [1.54, 1.807) is 26.6 Å². The van der Waals surface area contributed by atoms with E-state index in [2.05, 4.69) is 4.99 Å². The topological polar surface area (TPSA) is 59.7 Å². The first-order valence-corrected chi connectivity index (χ1v) is 6.03. The quantitative estimate of drug-likeness (QED) is 0.663. The molecule has 1 atom stereocenters. The van der Waals surface area contributed by atoms with Gasteiger partial charge in [-0.2, -0.15) is 0 Å². The highest BCUT2D eigenvalue weighted by atomic mass is 32.2. The number of nitrogens with one attached hydrogen (secondary N) is 1. The van der Waals surface area contributed by atoms with Gasteiger partial charge < -0.3 is 9.21 Å². The molecule has 1 aliphatic heterocycles. The normalized spacial score (nSPS) is 16.3. The summed E-state index contributed by atoms with van der Waals surface area (Å²) in [6, 6.07) is -0.362. The number of carbonyl (C=O) groups excluding carboxylic acids is 1. The van der Waals surface area contributed by atoms with Crippen molar-refractivity contribution in [3.63, 3.8) is 0 Å². The van der Waals surface area contributed by atoms with E-state index in [1.165, 1.54) is 16.8 Å². The molecule has 0 unspecified atom stereocenters. The van der Waals surface area contributed by atoms with Crippen LogP contribution in [0, 0.1) is 0 Å². The fourth-order valence-corrected chi connectivity index (χ4v) is 1.90. The molecule has 0 aliphatic carbocycles. The zero-order valence-corrected chi connectivity index (χ0v) is 10.4. The molecule has 1 N–H and O–H groups in total. The van der Waals surface area contributed by atoms with Gasteiger partial charge in [0.25, 0.3) is 0 Å². The van der Waals surface area contributed by atoms with Crippen LogP contribution in [0.2, 0.25) is 0 Å². The number of carbonyl (C=O) groups is 1. The largest absolute Gasteiger partial charge is 0.349 e. The Balaban J connectivity index is 2.19. The van der Waals surface area contributed by atoms with E-state index in [1.807, 2.05) is 10.4 Å². The van der Waals surface area contributed by atoms with Crippen LogP contribution in [0.3, 0.4) is 0 Å². The van der Waals surface area contributed by atoms with Crippen molar-refractivity contribution in [3.05, 3.63) is 12.3 Å². The number of hydrogen-bond acceptors (Lipinski definition) is 4. The molecule has 0 aromatic rings. The molecule has 1 amide bonds. The van der Waals surface area contributed by atoms with Crippen molar-refractivity contribution in [1.29, 1.82) is 0 Å². The van der Waals surface area contributed by atoms with E-state index >= 15 is 0 Å². The second kappa shape index (κ2) is 6.55. The van der Waals surface area contributed by atoms with E-state index in [0.29, 0.717) is 5.75 Å². The van der Waals surface area contributed by atoms with Gasteiger partial charge in [0, 0.05) is 38.5 Å². The summed E-state index contributed by atoms with van der Waals surface area (Å²) in [7, 11) is 3.43. The molecular formula is C10H17N4OS. The van der Waals surface area contributed by atoms with Crippen LogP contribution in [0.15, 0.2) is 17.3 Å². The summed E-state index contributed by atoms with van der Waals surface area (Å²) in [5, 5.41) is 0. The number of amides is 1. The van der Waals surface area contributed by atoms with Gasteiger partial charge in [-0.1, -0.05) is 0 Å². The fraction of sp³-hybridized carbons (Fsp3) is 0.600. The van der Waals surface area contributed by atoms with Gasteiger partial charge >= 0.3 is 0 Å². The van der Waals surface area contributed by atoms with Gasteiger partial charge in [-0.05, 0) is 18.0 Å². The Bertz CT molecular complexity index is 291. The number of rotatable bonds is 5. The van der Waals surface area contributed by atoms with Crippen molar-refractivity contribution in [2.45, 2.75) is 12.5 Å². The van der Waals surface area contributed by atoms with Gasteiger partial charge in [0.1, 0.15) is 6.34 Å². The highest BCUT2D eigenvalue weighted by Crippen LogP contribution is 2.12. The Morgan fingerprint density at radius 3 is 3.00 bits per heavy atom. The van der Waals surface area contributed by atoms with Crippen molar-refractivity contribution in [1.82, 2.24) is 14.9 Å². The Morgan fingerprint density at radius 1 is 1.69 bits per heavy atom. The molecule has 1 radical (unpaired) electrons. The predicted octanol–water partition coefficient (Wildman–Crippen LogP) is 0.622. The van der Waals surface area contributed by atoms with Crippen LogP contribution in [-0.4, -0.2) is 53.9 Å². The van der Waals surface area contributed by atoms with Crippen LogP contribution in [0.5, 0.6) is 0 Å². The van der Waals surface area contributed by atoms with Crippen molar-refractivity contribution in [2.24, 2.45) is 4.99 Å². The first-order valence-electron chi connectivity index (χ1n) is 5.08. The van der Waals surface area contributed by atoms with Gasteiger partial charge in [0.2, 0.25) is 5.91 Å². The molecule has 0 saturated carbocycles. The van der Waals surface area contributed by atoms with Crippen LogP contribution >= 0.6 is 11.9 Å². The summed E-state index contributed by atoms with van der Waals surface area (Å²) in [6.45, 7) is 0.808. The molecule has 6 heteroatoms. The Kier molecular flexibility index (Phi) is 5.34. The van der Waals surface area contributed by atoms with Crippen molar-refractivity contribution in [3.8, 4) is 0 Å². The summed E-state index contributed by atoms with van der Waals surface area (Å²) in [5.74, 6) is 0.618. The maximum atomic E-state index is 11.3. The van der Waals surface area contributed by atoms with E-state index in [0.717, 1.165) is 6.54 Å². The smallest absolute Gasteiger partial charge is 0.223 e. The predicted molar refractivity (Wildman–Crippen MR) is 67.0 cm³/mol. The second-order valence-electron chi connectivity index (χ2n) is 3.73. The molecule has 1 heterocycles. The van der Waals surface area contributed by atoms with Crippen LogP contribution in [-0.2, 0) is 4.79 Å². The fourth-order valence-electron chi connectivity index (χ4n) is 1.10. The summed E-state index contributed by atoms with van der Waals surface area (Å²) in [5.41, 5.74) is 7.76. The Hall–Kier alpha value is -1.01. The number of aliphatic imine (C=N–C) groups is 1. The maximum Gasteiger partial charge on any atom is 0.223 e. The average molecular weight is 241 g/mol. The monoisotopic (exact) mass is 241 g/mol. The SMILES string of the molecule is CN(C)C(=O)C[C@@H]([NH])CSN1C=NC=CC1. The highest BCUT2D eigenvalue weighted by molar-refractivity contribution is 7.97. The molecule has 0 spiro atoms. The lowest BCUT2D eigenvalue weighted by Crippen LogP contribution is -2.29. The van der Waals surface area contributed by atoms with E-state index in [9.17, 15) is 4.79 Å². The zero-order chi connectivity index (χ0) is 12.0. The van der Waals surface area contributed by atoms with E-state index in [-0.39, 0.29) is 18.4 Å². The van der Waals surface area contributed by atoms with Crippen LogP contribution in [0.4, 0.5) is 0 Å². The van der Waals surface area contributed by atoms with Gasteiger partial charge in [-0.3, -0.25) is 10.5 Å². The first kappa shape index (κ1) is 13.1. The molecule has 89 valence electrons. The lowest BCUT2D eigenvalue weighted by molar-refractivity contribution is -0.128. The summed E-state index contributed by atoms with van der Waals surface area (Å²) in [4.78, 5) is 16.9. The summed E-state index contributed by atoms with van der Waals surface area (Å²) in [6.07, 6.45) is 5.73. The number of nitrogens with zero attached hydrogens (tertiary/aromatic N) is 3. The lowest BCUT2D eigenvalue weighted by atomic mass is 10.2. The van der Waals surface area contributed by atoms with E-state index in [4.69, 9.17) is 5.73 Å². The molecular weight excluding hydrogens is 224 g/mol. The average Bonchev–Trinajstić information content (AvgIpc) is 2.27. The third-order valence-corrected chi connectivity index (χ3v) is 3.16. The van der Waals surface area contributed by atoms with Crippen LogP contribution in [0.25, 0.3) is 0 Å². The molecule has 16 heavy (non-hydrogen) atoms. The molecule has 1 rings (SSSR count). The van der Waals surface area contributed by atoms with Gasteiger partial charge in [-0.15, -0.1) is 0 Å². The third-order valence-electron chi connectivity index (χ3n) is 2.03. The molecule has 0 saturated heterocycles. The van der Waals surface area contributed by atoms with Crippen LogP contribution < -0.4 is 5.73 Å². The Morgan fingerprint density at radius 2 is 2.44 bits per heavy atom. The first-order chi connectivity index (χ1) is 7.59. The van der Waals surface area contributed by atoms with Crippen molar-refractivity contribution < 1.29 is 4.79 Å². The van der Waals surface area contributed by atoms with Gasteiger partial charge in [0.05, 0.1) is 6.54 Å². The summed E-state index contributed by atoms with van der Waals surface area (Å²) < 4.78 is 1.96. The molecule has 1 aliphatic rings. The standard InChI is InChI=1S/C10H17N4OS/c1-13(2)10(15)6-9(11)7-16-14-5-3-4-12-8-14/h3-4,8-9,11H,5-7H2,1-2H3/t9-/m1/s1. The molecule has 0 aromatic carbocycles. The zero-order valence-electron chi connectivity index (χ0n) is 9.59. The lowest BCUT2D eigenvalue weighted by Gasteiger charge is -2.20. The highest BCUT2D eigenvalue weighted by Gasteiger charge is 2.13. The molecule has 5 nitrogen and oxygen atoms in total. The van der Waals surface area contributed by atoms with Crippen molar-refractivity contribution in [2.75, 3.05) is 26.4 Å². The maximum absolute atomic E-state index is 11.3. The van der Waals surface area contributed by atoms with E-state index < -0.39 is 0 Å². The molecule has 0 bridgehead atoms. The van der Waals surface area contributed by atoms with Gasteiger partial charge in [-0.25, -0.2) is 4.99 Å². The second-order valence-corrected chi connectivity index (χ2v) is 4.79. The minimum atomic E-state index is -0.362. The van der Waals surface area contributed by atoms with Crippen molar-refractivity contribution >= 4 is 24.2 Å². The minimum Gasteiger partial charge on any atom is -0.349 e. The third kappa shape index (κ3) is 4.67. The van der Waals surface area contributed by atoms with Gasteiger partial charge in [0.15, 0.2) is 0 Å². The minimum absolute atomic E-state index is 0.00723. The summed E-state index contributed by atoms with van der Waals surface area (Å²) >= 11 is 1.53.